The summed E-state index contributed by atoms with van der Waals surface area (Å²) < 4.78 is 550. The number of carbonyl (C=O) groups excluding carboxylic acids is 1. The highest BCUT2D eigenvalue weighted by molar-refractivity contribution is 7.85. The van der Waals surface area contributed by atoms with Crippen LogP contribution in [0.4, 0.5) is 162 Å². The van der Waals surface area contributed by atoms with Gasteiger partial charge in [0.15, 0.2) is 0 Å². The predicted molar refractivity (Wildman–Crippen MR) is 156 cm³/mol. The van der Waals surface area contributed by atoms with E-state index in [1.807, 2.05) is 0 Å². The molecular weight excluding hydrogens is 1230 g/mol. The van der Waals surface area contributed by atoms with Crippen LogP contribution in [0.1, 0.15) is 12.8 Å². The molecule has 0 aromatic rings. The van der Waals surface area contributed by atoms with Crippen LogP contribution >= 0.6 is 0 Å². The highest BCUT2D eigenvalue weighted by Crippen LogP contribution is 2.63. The summed E-state index contributed by atoms with van der Waals surface area (Å²) in [4.78, 5) is 12.5. The van der Waals surface area contributed by atoms with E-state index in [0.717, 1.165) is 28.5 Å². The number of nitrogens with zero attached hydrogens (tertiary/aromatic N) is 2. The largest absolute Gasteiger partial charge is 0.462 e. The van der Waals surface area contributed by atoms with E-state index < -0.39 is 168 Å². The smallest absolute Gasteiger partial charge is 0.337 e. The topological polar surface area (TPSA) is 124 Å². The summed E-state index contributed by atoms with van der Waals surface area (Å²) in [7, 11) is -3.24. The minimum absolute atomic E-state index is 0.583. The van der Waals surface area contributed by atoms with Gasteiger partial charge in [-0.25, -0.2) is 0 Å². The molecule has 76 heavy (non-hydrogen) atoms. The molecule has 1 amide bonds. The van der Waals surface area contributed by atoms with Crippen LogP contribution in [-0.4, -0.2) is 177 Å². The Bertz CT molecular complexity index is 2110. The van der Waals surface area contributed by atoms with Gasteiger partial charge in [-0.15, -0.1) is 0 Å². The van der Waals surface area contributed by atoms with E-state index in [-0.39, 0.29) is 0 Å². The van der Waals surface area contributed by atoms with Crippen LogP contribution in [-0.2, 0) is 38.6 Å². The van der Waals surface area contributed by atoms with E-state index in [2.05, 4.69) is 0 Å². The second-order valence-electron chi connectivity index (χ2n) is 14.3. The van der Waals surface area contributed by atoms with Gasteiger partial charge >= 0.3 is 109 Å². The number of ether oxygens (including phenoxy) is 5. The zero-order chi connectivity index (χ0) is 62.0. The van der Waals surface area contributed by atoms with Crippen LogP contribution in [0.15, 0.2) is 0 Å². The third-order valence-corrected chi connectivity index (χ3v) is 9.01. The molecule has 0 heterocycles. The normalized spacial score (nSPS) is 19.4. The molecular formula is C27H19F37N2O9S. The lowest BCUT2D eigenvalue weighted by Gasteiger charge is -2.45. The maximum Gasteiger partial charge on any atom is 0.462 e. The molecule has 0 bridgehead atoms. The predicted octanol–water partition coefficient (Wildman–Crippen LogP) is 11.1. The van der Waals surface area contributed by atoms with Crippen LogP contribution in [0.3, 0.4) is 0 Å². The Morgan fingerprint density at radius 3 is 0.829 bits per heavy atom. The average Bonchev–Trinajstić information content (AvgIpc) is 3.12. The minimum atomic E-state index is -9.77. The summed E-state index contributed by atoms with van der Waals surface area (Å²) in [6, 6.07) is 0. The SMILES string of the molecule is CN(C)CCCN(CCCS(=O)(=O)O)C(=O)C(F)(F)C(F)(OC(F)(F)C(F)(OC(F)(F)C(F)(OC(F)(F)C(F)(OC(F)(F)C(F)(OC(F)(F)C(F)(F)C(F)(F)F)C(F)(F)F)C(F)(F)F)C(F)(F)F)C(F)(F)F)C(F)(F)F. The molecule has 0 fully saturated rings. The molecule has 0 spiro atoms. The van der Waals surface area contributed by atoms with Gasteiger partial charge in [-0.3, -0.25) is 33.0 Å². The van der Waals surface area contributed by atoms with Gasteiger partial charge in [0.05, 0.1) is 5.75 Å². The van der Waals surface area contributed by atoms with Gasteiger partial charge in [0.25, 0.3) is 16.0 Å². The van der Waals surface area contributed by atoms with E-state index in [4.69, 9.17) is 4.55 Å². The van der Waals surface area contributed by atoms with Crippen molar-refractivity contribution in [1.82, 2.24) is 9.80 Å². The third kappa shape index (κ3) is 13.7. The molecule has 5 atom stereocenters. The Balaban J connectivity index is 8.23. The quantitative estimate of drug-likeness (QED) is 0.0698. The fourth-order valence-electron chi connectivity index (χ4n) is 4.47. The molecule has 0 radical (unpaired) electrons. The van der Waals surface area contributed by atoms with Gasteiger partial charge in [-0.2, -0.15) is 171 Å². The molecule has 1 N–H and O–H groups in total. The second kappa shape index (κ2) is 20.9. The molecule has 0 aromatic carbocycles. The number of hydrogen-bond donors (Lipinski definition) is 1. The Kier molecular flexibility index (Phi) is 19.9. The molecule has 0 aliphatic heterocycles. The fourth-order valence-corrected chi connectivity index (χ4v) is 4.96. The van der Waals surface area contributed by atoms with E-state index in [1.165, 1.54) is 4.74 Å². The number of hydrogen-bond acceptors (Lipinski definition) is 9. The maximum atomic E-state index is 15.3. The Morgan fingerprint density at radius 1 is 0.368 bits per heavy atom. The standard InChI is InChI=1S/C27H19F37N2O9S/c1-65(2)5-3-6-66(7-4-8-76(68,69)70)9(67)10(28,29)12(32,18(40,41)42)71-24(57,58)14(34,20(46,47)48)73-26(61,62)16(36,22(52,53)54)75-27(63,64)15(35,21(49,50)51)74-25(59,60)13(33,19(43,44)45)72-23(55,56)11(30,31)17(37,38)39/h3-8H2,1-2H3,(H,68,69,70). The molecule has 0 rings (SSSR count). The zero-order valence-electron chi connectivity index (χ0n) is 34.7. The molecule has 0 aromatic heterocycles. The number of carbonyl (C=O) groups is 1. The first-order valence-electron chi connectivity index (χ1n) is 17.4. The Hall–Kier alpha value is -3.45. The van der Waals surface area contributed by atoms with E-state index in [1.54, 1.807) is 0 Å². The minimum Gasteiger partial charge on any atom is -0.337 e. The van der Waals surface area contributed by atoms with Crippen molar-refractivity contribution in [2.45, 2.75) is 122 Å². The first-order valence-corrected chi connectivity index (χ1v) is 19.0. The van der Waals surface area contributed by atoms with Crippen LogP contribution in [0.2, 0.25) is 0 Å². The average molecular weight is 1250 g/mol. The first-order chi connectivity index (χ1) is 32.5. The molecule has 0 saturated carbocycles. The lowest BCUT2D eigenvalue weighted by atomic mass is 10.1. The summed E-state index contributed by atoms with van der Waals surface area (Å²) in [5.74, 6) is -69.4. The van der Waals surface area contributed by atoms with Gasteiger partial charge in [0.2, 0.25) is 0 Å². The van der Waals surface area contributed by atoms with Gasteiger partial charge in [0.1, 0.15) is 0 Å². The van der Waals surface area contributed by atoms with Crippen molar-refractivity contribution in [3.63, 3.8) is 0 Å². The number of halogens is 37. The van der Waals surface area contributed by atoms with Crippen molar-refractivity contribution in [3.05, 3.63) is 0 Å². The molecule has 11 nitrogen and oxygen atoms in total. The highest BCUT2D eigenvalue weighted by Gasteiger charge is 2.92. The van der Waals surface area contributed by atoms with Crippen molar-refractivity contribution >= 4 is 16.0 Å². The van der Waals surface area contributed by atoms with Gasteiger partial charge in [-0.05, 0) is 33.5 Å². The van der Waals surface area contributed by atoms with E-state index >= 15 is 22.0 Å². The monoisotopic (exact) mass is 1250 g/mol. The van der Waals surface area contributed by atoms with Crippen molar-refractivity contribution in [1.29, 1.82) is 0 Å². The van der Waals surface area contributed by atoms with Crippen LogP contribution in [0.25, 0.3) is 0 Å². The Labute approximate surface area is 391 Å². The number of rotatable bonds is 25. The highest BCUT2D eigenvalue weighted by atomic mass is 32.2. The fraction of sp³-hybridized carbons (Fsp3) is 0.963. The summed E-state index contributed by atoms with van der Waals surface area (Å²) in [6.45, 7) is -4.12. The van der Waals surface area contributed by atoms with Crippen molar-refractivity contribution in [2.75, 3.05) is 39.5 Å². The number of alkyl halides is 37. The third-order valence-electron chi connectivity index (χ3n) is 8.21. The lowest BCUT2D eigenvalue weighted by Crippen LogP contribution is -2.73. The van der Waals surface area contributed by atoms with E-state index in [9.17, 15) is 154 Å². The Morgan fingerprint density at radius 2 is 0.605 bits per heavy atom. The summed E-state index contributed by atoms with van der Waals surface area (Å²) in [5.41, 5.74) is 0. The van der Waals surface area contributed by atoms with Crippen molar-refractivity contribution in [3.8, 4) is 0 Å². The molecule has 456 valence electrons. The van der Waals surface area contributed by atoms with Crippen molar-refractivity contribution in [2.24, 2.45) is 0 Å². The van der Waals surface area contributed by atoms with Crippen LogP contribution in [0.5, 0.6) is 0 Å². The lowest BCUT2D eigenvalue weighted by molar-refractivity contribution is -0.601. The molecule has 0 aliphatic carbocycles. The second-order valence-corrected chi connectivity index (χ2v) is 15.9. The first kappa shape index (κ1) is 72.5. The maximum absolute atomic E-state index is 15.3. The summed E-state index contributed by atoms with van der Waals surface area (Å²) in [6.07, 6.45) is -103. The van der Waals surface area contributed by atoms with Gasteiger partial charge in [0, 0.05) is 13.1 Å². The van der Waals surface area contributed by atoms with Gasteiger partial charge in [-0.1, -0.05) is 0 Å². The van der Waals surface area contributed by atoms with Gasteiger partial charge < -0.3 is 9.80 Å². The molecule has 49 heteroatoms. The zero-order valence-corrected chi connectivity index (χ0v) is 35.6. The van der Waals surface area contributed by atoms with Crippen LogP contribution < -0.4 is 0 Å². The van der Waals surface area contributed by atoms with E-state index in [0.29, 0.717) is 9.47 Å². The summed E-state index contributed by atoms with van der Waals surface area (Å²) >= 11 is 0. The van der Waals surface area contributed by atoms with Crippen molar-refractivity contribution < 1.29 is 204 Å². The number of amides is 1. The molecule has 0 saturated heterocycles. The summed E-state index contributed by atoms with van der Waals surface area (Å²) in [5, 5.41) is 0. The molecule has 0 aliphatic rings. The molecule has 5 unspecified atom stereocenters. The van der Waals surface area contributed by atoms with Crippen LogP contribution in [0, 0.1) is 0 Å².